The van der Waals surface area contributed by atoms with Gasteiger partial charge >= 0.3 is 15.7 Å². The predicted octanol–water partition coefficient (Wildman–Crippen LogP) is 0.0756. The van der Waals surface area contributed by atoms with Crippen LogP contribution in [0.25, 0.3) is 10.4 Å². The van der Waals surface area contributed by atoms with Crippen LogP contribution in [0.2, 0.25) is 0 Å². The van der Waals surface area contributed by atoms with Crippen LogP contribution < -0.4 is 4.57 Å². The van der Waals surface area contributed by atoms with Crippen LogP contribution in [-0.2, 0) is 27.4 Å². The zero-order valence-electron chi connectivity index (χ0n) is 10.4. The summed E-state index contributed by atoms with van der Waals surface area (Å²) >= 11 is 0. The molecule has 0 spiro atoms. The van der Waals surface area contributed by atoms with Crippen molar-refractivity contribution < 1.29 is 39.1 Å². The summed E-state index contributed by atoms with van der Waals surface area (Å²) in [5.74, 6) is 0.465. The van der Waals surface area contributed by atoms with E-state index in [4.69, 9.17) is 18.5 Å². The molecule has 0 bridgehead atoms. The van der Waals surface area contributed by atoms with Crippen molar-refractivity contribution in [3.05, 3.63) is 28.7 Å². The first kappa shape index (κ1) is 19.2. The van der Waals surface area contributed by atoms with Gasteiger partial charge in [0.15, 0.2) is 10.1 Å². The average molecular weight is 351 g/mol. The van der Waals surface area contributed by atoms with Gasteiger partial charge in [-0.2, -0.15) is 21.6 Å². The van der Waals surface area contributed by atoms with E-state index in [0.29, 0.717) is 5.82 Å². The van der Waals surface area contributed by atoms with E-state index in [9.17, 15) is 21.6 Å². The quantitative estimate of drug-likeness (QED) is 0.185. The fourth-order valence-corrected chi connectivity index (χ4v) is 1.70. The third kappa shape index (κ3) is 5.22. The third-order valence-corrected chi connectivity index (χ3v) is 3.66. The van der Waals surface area contributed by atoms with Crippen LogP contribution in [0.15, 0.2) is 16.9 Å². The maximum atomic E-state index is 11.2. The largest absolute Gasteiger partial charge is 0.741 e. The molecule has 0 amide bonds. The second-order valence-electron chi connectivity index (χ2n) is 3.30. The second kappa shape index (κ2) is 6.30. The number of hydrogen-bond acceptors (Lipinski definition) is 5. The summed E-state index contributed by atoms with van der Waals surface area (Å²) in [5.41, 5.74) is 2.37. The number of imidazole rings is 1. The van der Waals surface area contributed by atoms with Crippen LogP contribution in [0.4, 0.5) is 13.2 Å². The van der Waals surface area contributed by atoms with Crippen LogP contribution in [0.3, 0.4) is 0 Å². The Bertz CT molecular complexity index is 759. The van der Waals surface area contributed by atoms with E-state index < -0.39 is 25.8 Å². The lowest BCUT2D eigenvalue weighted by Crippen LogP contribution is -2.30. The lowest BCUT2D eigenvalue weighted by molar-refractivity contribution is -0.676. The molecule has 21 heavy (non-hydrogen) atoms. The molecule has 0 saturated heterocycles. The number of hydrogen-bond donors (Lipinski definition) is 0. The topological polar surface area (TPSA) is 149 Å². The third-order valence-electron chi connectivity index (χ3n) is 1.93. The molecule has 1 aromatic heterocycles. The van der Waals surface area contributed by atoms with Crippen LogP contribution in [-0.4, -0.2) is 30.9 Å². The maximum absolute atomic E-state index is 11.2. The van der Waals surface area contributed by atoms with Gasteiger partial charge in [-0.3, -0.25) is 0 Å². The number of nitrogens with zero attached hydrogens (tertiary/aromatic N) is 5. The van der Waals surface area contributed by atoms with E-state index in [1.807, 2.05) is 0 Å². The van der Waals surface area contributed by atoms with Crippen molar-refractivity contribution >= 4 is 20.3 Å². The van der Waals surface area contributed by atoms with E-state index in [0.717, 1.165) is 3.97 Å². The SMILES string of the molecule is Cc1n(S(=O)(=O)N=[N+]=[N-])cc[n+]1C.O=S(=O)([O-])C(F)(F)F. The molecule has 0 saturated carbocycles. The van der Waals surface area contributed by atoms with Gasteiger partial charge in [0.1, 0.15) is 12.4 Å². The van der Waals surface area contributed by atoms with Crippen molar-refractivity contribution in [2.75, 3.05) is 0 Å². The van der Waals surface area contributed by atoms with Crippen molar-refractivity contribution in [1.82, 2.24) is 3.97 Å². The van der Waals surface area contributed by atoms with E-state index >= 15 is 0 Å². The molecule has 1 heterocycles. The van der Waals surface area contributed by atoms with Crippen molar-refractivity contribution in [3.8, 4) is 0 Å². The van der Waals surface area contributed by atoms with Gasteiger partial charge in [-0.1, -0.05) is 0 Å². The van der Waals surface area contributed by atoms with Crippen LogP contribution >= 0.6 is 0 Å². The van der Waals surface area contributed by atoms with Crippen LogP contribution in [0, 0.1) is 6.92 Å². The molecule has 1 rings (SSSR count). The van der Waals surface area contributed by atoms with E-state index in [-0.39, 0.29) is 0 Å². The smallest absolute Gasteiger partial charge is 0.485 e. The lowest BCUT2D eigenvalue weighted by Gasteiger charge is -2.08. The first-order chi connectivity index (χ1) is 9.24. The van der Waals surface area contributed by atoms with Gasteiger partial charge < -0.3 is 4.55 Å². The summed E-state index contributed by atoms with van der Waals surface area (Å²) in [6.07, 6.45) is 2.87. The molecular weight excluding hydrogens is 343 g/mol. The maximum Gasteiger partial charge on any atom is 0.485 e. The summed E-state index contributed by atoms with van der Waals surface area (Å²) in [6.45, 7) is 1.60. The number of aromatic nitrogens is 2. The fourth-order valence-electron chi connectivity index (χ4n) is 0.861. The highest BCUT2D eigenvalue weighted by molar-refractivity contribution is 7.88. The molecule has 0 atom stereocenters. The Morgan fingerprint density at radius 3 is 2.05 bits per heavy atom. The van der Waals surface area contributed by atoms with Crippen molar-refractivity contribution in [3.63, 3.8) is 0 Å². The minimum Gasteiger partial charge on any atom is -0.741 e. The second-order valence-corrected chi connectivity index (χ2v) is 6.12. The number of azide groups is 1. The zero-order chi connectivity index (χ0) is 17.1. The number of aryl methyl sites for hydroxylation is 1. The van der Waals surface area contributed by atoms with Crippen molar-refractivity contribution in [2.24, 2.45) is 11.6 Å². The highest BCUT2D eigenvalue weighted by Gasteiger charge is 2.36. The van der Waals surface area contributed by atoms with Gasteiger partial charge in [-0.05, 0) is 5.53 Å². The molecule has 0 aliphatic rings. The predicted molar refractivity (Wildman–Crippen MR) is 59.6 cm³/mol. The Labute approximate surface area is 117 Å². The molecule has 0 aliphatic carbocycles. The van der Waals surface area contributed by atoms with Crippen LogP contribution in [0.1, 0.15) is 5.82 Å². The van der Waals surface area contributed by atoms with Crippen molar-refractivity contribution in [1.29, 1.82) is 0 Å². The summed E-state index contributed by atoms with van der Waals surface area (Å²) in [7, 11) is -8.31. The molecule has 0 N–H and O–H groups in total. The molecule has 0 fully saturated rings. The molecule has 15 heteroatoms. The van der Waals surface area contributed by atoms with E-state index in [2.05, 4.69) is 9.43 Å². The standard InChI is InChI=1S/C5H8N5O2S.CHF3O3S/c1-5-9(2)3-4-10(5)13(11,12)8-7-6;2-1(3,4)8(5,6)7/h3-4H,1-2H3;(H,5,6,7)/q+1;/p-1. The molecule has 0 aromatic carbocycles. The zero-order valence-corrected chi connectivity index (χ0v) is 12.0. The summed E-state index contributed by atoms with van der Waals surface area (Å²) in [6, 6.07) is 0. The molecule has 1 aromatic rings. The lowest BCUT2D eigenvalue weighted by atomic mass is 10.7. The fraction of sp³-hybridized carbons (Fsp3) is 0.500. The summed E-state index contributed by atoms with van der Waals surface area (Å²) in [4.78, 5) is 2.24. The summed E-state index contributed by atoms with van der Waals surface area (Å²) in [5, 5.41) is 0. The molecule has 10 nitrogen and oxygen atoms in total. The van der Waals surface area contributed by atoms with Crippen molar-refractivity contribution in [2.45, 2.75) is 12.4 Å². The number of rotatable bonds is 2. The molecule has 120 valence electrons. The Balaban J connectivity index is 0.000000433. The molecule has 0 aliphatic heterocycles. The average Bonchev–Trinajstić information content (AvgIpc) is 2.58. The highest BCUT2D eigenvalue weighted by atomic mass is 32.2. The first-order valence-electron chi connectivity index (χ1n) is 4.61. The Kier molecular flexibility index (Phi) is 5.75. The molecule has 0 radical (unpaired) electrons. The highest BCUT2D eigenvalue weighted by Crippen LogP contribution is 2.20. The van der Waals surface area contributed by atoms with Gasteiger partial charge in [0, 0.05) is 11.8 Å². The monoisotopic (exact) mass is 351 g/mol. The Morgan fingerprint density at radius 2 is 1.81 bits per heavy atom. The van der Waals surface area contributed by atoms with E-state index in [1.165, 1.54) is 6.20 Å². The van der Waals surface area contributed by atoms with Gasteiger partial charge in [-0.15, -0.1) is 3.97 Å². The van der Waals surface area contributed by atoms with E-state index in [1.54, 1.807) is 24.7 Å². The minimum absolute atomic E-state index is 0.465. The first-order valence-corrected chi connectivity index (χ1v) is 7.42. The number of alkyl halides is 3. The van der Waals surface area contributed by atoms with Gasteiger partial charge in [-0.25, -0.2) is 13.0 Å². The van der Waals surface area contributed by atoms with Crippen LogP contribution in [0.5, 0.6) is 0 Å². The molecular formula is C6H8F3N5O5S2. The van der Waals surface area contributed by atoms with Gasteiger partial charge in [0.05, 0.1) is 11.6 Å². The number of halogens is 3. The van der Waals surface area contributed by atoms with Gasteiger partial charge in [0.2, 0.25) is 0 Å². The normalized spacial score (nSPS) is 12.1. The Hall–Kier alpha value is -1.83. The van der Waals surface area contributed by atoms with Gasteiger partial charge in [0.25, 0.3) is 5.82 Å². The Morgan fingerprint density at radius 1 is 1.38 bits per heavy atom. The molecule has 0 unspecified atom stereocenters. The minimum atomic E-state index is -6.09. The summed E-state index contributed by atoms with van der Waals surface area (Å²) < 4.78 is 86.5.